The topological polar surface area (TPSA) is 102 Å². The number of aryl methyl sites for hydroxylation is 1. The third-order valence-electron chi connectivity index (χ3n) is 6.84. The highest BCUT2D eigenvalue weighted by atomic mass is 16.5. The first-order chi connectivity index (χ1) is 18.8. The molecular weight excluding hydrogens is 492 g/mol. The van der Waals surface area contributed by atoms with Crippen molar-refractivity contribution >= 4 is 10.9 Å². The van der Waals surface area contributed by atoms with Crippen LogP contribution in [-0.2, 0) is 25.0 Å². The van der Waals surface area contributed by atoms with Crippen molar-refractivity contribution in [2.75, 3.05) is 7.11 Å². The molecule has 0 saturated heterocycles. The number of hydrogen-bond donors (Lipinski definition) is 1. The average Bonchev–Trinajstić information content (AvgIpc) is 3.61. The highest BCUT2D eigenvalue weighted by molar-refractivity contribution is 5.80. The largest absolute Gasteiger partial charge is 0.497 e. The molecule has 1 N–H and O–H groups in total. The highest BCUT2D eigenvalue weighted by Crippen LogP contribution is 2.32. The molecule has 9 nitrogen and oxygen atoms in total. The molecule has 2 aromatic carbocycles. The number of nitrogens with one attached hydrogen (secondary N) is 1. The molecule has 0 unspecified atom stereocenters. The lowest BCUT2D eigenvalue weighted by Gasteiger charge is -2.32. The second-order valence-corrected chi connectivity index (χ2v) is 10.7. The fourth-order valence-corrected chi connectivity index (χ4v) is 4.88. The molecule has 0 amide bonds. The number of aromatic nitrogens is 5. The summed E-state index contributed by atoms with van der Waals surface area (Å²) in [4.78, 5) is 19.0. The molecule has 5 aromatic rings. The van der Waals surface area contributed by atoms with Gasteiger partial charge in [0.15, 0.2) is 5.82 Å². The SMILES string of the molecule is CCc1ccc2[nH]c(=O)c([C@@H](c3nnnn3C(C)(C)C)N(Cc3cccc(OC)c3)Cc3ccco3)cc2c1. The van der Waals surface area contributed by atoms with Crippen LogP contribution in [0.1, 0.15) is 62.0 Å². The first-order valence-corrected chi connectivity index (χ1v) is 13.1. The molecule has 5 rings (SSSR count). The molecular formula is C30H34N6O3. The lowest BCUT2D eigenvalue weighted by Crippen LogP contribution is -2.37. The van der Waals surface area contributed by atoms with Gasteiger partial charge in [-0.25, -0.2) is 4.68 Å². The van der Waals surface area contributed by atoms with Gasteiger partial charge in [-0.1, -0.05) is 25.1 Å². The molecule has 0 radical (unpaired) electrons. The number of pyridine rings is 1. The molecule has 0 bridgehead atoms. The van der Waals surface area contributed by atoms with Gasteiger partial charge >= 0.3 is 0 Å². The summed E-state index contributed by atoms with van der Waals surface area (Å²) in [5.74, 6) is 2.11. The second kappa shape index (κ2) is 10.9. The van der Waals surface area contributed by atoms with Crippen LogP contribution in [0.25, 0.3) is 10.9 Å². The summed E-state index contributed by atoms with van der Waals surface area (Å²) in [6.07, 6.45) is 2.55. The van der Waals surface area contributed by atoms with Crippen molar-refractivity contribution in [2.24, 2.45) is 0 Å². The van der Waals surface area contributed by atoms with Gasteiger partial charge < -0.3 is 14.1 Å². The Morgan fingerprint density at radius 2 is 1.90 bits per heavy atom. The minimum atomic E-state index is -0.575. The Labute approximate surface area is 227 Å². The van der Waals surface area contributed by atoms with Crippen molar-refractivity contribution in [1.82, 2.24) is 30.1 Å². The molecule has 9 heteroatoms. The van der Waals surface area contributed by atoms with E-state index in [0.717, 1.165) is 34.4 Å². The van der Waals surface area contributed by atoms with Crippen LogP contribution >= 0.6 is 0 Å². The summed E-state index contributed by atoms with van der Waals surface area (Å²) in [7, 11) is 1.65. The number of aromatic amines is 1. The minimum Gasteiger partial charge on any atom is -0.497 e. The van der Waals surface area contributed by atoms with E-state index in [-0.39, 0.29) is 5.56 Å². The van der Waals surface area contributed by atoms with Crippen molar-refractivity contribution < 1.29 is 9.15 Å². The van der Waals surface area contributed by atoms with Crippen LogP contribution in [0.2, 0.25) is 0 Å². The van der Waals surface area contributed by atoms with Crippen molar-refractivity contribution in [1.29, 1.82) is 0 Å². The summed E-state index contributed by atoms with van der Waals surface area (Å²) in [5, 5.41) is 13.8. The zero-order valence-electron chi connectivity index (χ0n) is 23.0. The molecule has 202 valence electrons. The Morgan fingerprint density at radius 1 is 1.05 bits per heavy atom. The number of methoxy groups -OCH3 is 1. The van der Waals surface area contributed by atoms with Gasteiger partial charge in [0, 0.05) is 17.6 Å². The van der Waals surface area contributed by atoms with E-state index in [1.165, 1.54) is 5.56 Å². The summed E-state index contributed by atoms with van der Waals surface area (Å²) in [5.41, 5.74) is 2.97. The fourth-order valence-electron chi connectivity index (χ4n) is 4.88. The lowest BCUT2D eigenvalue weighted by atomic mass is 9.99. The molecule has 0 spiro atoms. The maximum atomic E-state index is 13.7. The van der Waals surface area contributed by atoms with Crippen LogP contribution in [0.15, 0.2) is 76.1 Å². The molecule has 3 aromatic heterocycles. The number of H-pyrrole nitrogens is 1. The van der Waals surface area contributed by atoms with Crippen molar-refractivity contribution in [3.63, 3.8) is 0 Å². The summed E-state index contributed by atoms with van der Waals surface area (Å²) >= 11 is 0. The fraction of sp³-hybridized carbons (Fsp3) is 0.333. The van der Waals surface area contributed by atoms with Crippen LogP contribution in [-0.4, -0.2) is 37.2 Å². The number of benzene rings is 2. The standard InChI is InChI=1S/C30H34N6O3/c1-6-20-12-13-26-22(15-20)17-25(29(37)31-26)27(28-32-33-34-36(28)30(2,3)4)35(19-24-11-8-14-39-24)18-21-9-7-10-23(16-21)38-5/h7-17,27H,6,18-19H2,1-5H3,(H,31,37)/t27-/m0/s1. The molecule has 0 saturated carbocycles. The first kappa shape index (κ1) is 26.4. The van der Waals surface area contributed by atoms with Gasteiger partial charge in [-0.05, 0) is 96.6 Å². The smallest absolute Gasteiger partial charge is 0.253 e. The number of tetrazole rings is 1. The van der Waals surface area contributed by atoms with Crippen LogP contribution < -0.4 is 10.3 Å². The van der Waals surface area contributed by atoms with E-state index in [1.807, 2.05) is 75.4 Å². The van der Waals surface area contributed by atoms with Crippen LogP contribution in [0, 0.1) is 0 Å². The normalized spacial score (nSPS) is 12.8. The number of rotatable bonds is 9. The monoisotopic (exact) mass is 526 g/mol. The third-order valence-corrected chi connectivity index (χ3v) is 6.84. The Hall–Kier alpha value is -4.24. The van der Waals surface area contributed by atoms with E-state index < -0.39 is 11.6 Å². The average molecular weight is 527 g/mol. The van der Waals surface area contributed by atoms with E-state index >= 15 is 0 Å². The third kappa shape index (κ3) is 5.63. The van der Waals surface area contributed by atoms with E-state index in [9.17, 15) is 4.79 Å². The van der Waals surface area contributed by atoms with Gasteiger partial charge in [0.1, 0.15) is 17.6 Å². The van der Waals surface area contributed by atoms with Crippen LogP contribution in [0.5, 0.6) is 5.75 Å². The molecule has 1 atom stereocenters. The Kier molecular flexibility index (Phi) is 7.34. The van der Waals surface area contributed by atoms with Gasteiger partial charge in [0.2, 0.25) is 0 Å². The summed E-state index contributed by atoms with van der Waals surface area (Å²) < 4.78 is 13.0. The van der Waals surface area contributed by atoms with Crippen LogP contribution in [0.3, 0.4) is 0 Å². The number of fused-ring (bicyclic) bond motifs is 1. The van der Waals surface area contributed by atoms with Gasteiger partial charge in [-0.15, -0.1) is 5.10 Å². The maximum Gasteiger partial charge on any atom is 0.253 e. The van der Waals surface area contributed by atoms with Gasteiger partial charge in [0.25, 0.3) is 5.56 Å². The van der Waals surface area contributed by atoms with Crippen molar-refractivity contribution in [3.05, 3.63) is 106 Å². The molecule has 0 fully saturated rings. The number of furan rings is 1. The highest BCUT2D eigenvalue weighted by Gasteiger charge is 2.34. The Morgan fingerprint density at radius 3 is 2.62 bits per heavy atom. The predicted octanol–water partition coefficient (Wildman–Crippen LogP) is 5.23. The van der Waals surface area contributed by atoms with Crippen molar-refractivity contribution in [2.45, 2.75) is 58.8 Å². The maximum absolute atomic E-state index is 13.7. The molecule has 0 aliphatic rings. The molecule has 39 heavy (non-hydrogen) atoms. The molecule has 3 heterocycles. The first-order valence-electron chi connectivity index (χ1n) is 13.1. The zero-order chi connectivity index (χ0) is 27.6. The molecule has 0 aliphatic carbocycles. The Bertz CT molecular complexity index is 1610. The van der Waals surface area contributed by atoms with Gasteiger partial charge in [0.05, 0.1) is 25.5 Å². The van der Waals surface area contributed by atoms with Gasteiger partial charge in [-0.3, -0.25) is 9.69 Å². The van der Waals surface area contributed by atoms with E-state index in [2.05, 4.69) is 38.4 Å². The van der Waals surface area contributed by atoms with E-state index in [0.29, 0.717) is 24.5 Å². The van der Waals surface area contributed by atoms with Crippen molar-refractivity contribution in [3.8, 4) is 5.75 Å². The quantitative estimate of drug-likeness (QED) is 0.281. The van der Waals surface area contributed by atoms with Gasteiger partial charge in [-0.2, -0.15) is 0 Å². The molecule has 0 aliphatic heterocycles. The Balaban J connectivity index is 1.73. The van der Waals surface area contributed by atoms with E-state index in [1.54, 1.807) is 18.1 Å². The summed E-state index contributed by atoms with van der Waals surface area (Å²) in [6.45, 7) is 9.17. The lowest BCUT2D eigenvalue weighted by molar-refractivity contribution is 0.171. The number of nitrogens with zero attached hydrogens (tertiary/aromatic N) is 5. The van der Waals surface area contributed by atoms with E-state index in [4.69, 9.17) is 9.15 Å². The zero-order valence-corrected chi connectivity index (χ0v) is 23.0. The predicted molar refractivity (Wildman–Crippen MR) is 150 cm³/mol. The van der Waals surface area contributed by atoms with Crippen LogP contribution in [0.4, 0.5) is 0 Å². The summed E-state index contributed by atoms with van der Waals surface area (Å²) in [6, 6.07) is 19.2. The second-order valence-electron chi connectivity index (χ2n) is 10.7. The number of hydrogen-bond acceptors (Lipinski definition) is 7. The minimum absolute atomic E-state index is 0.185. The number of ether oxygens (including phenoxy) is 1.